The lowest BCUT2D eigenvalue weighted by molar-refractivity contribution is -0.296. The van der Waals surface area contributed by atoms with Crippen LogP contribution >= 0.6 is 0 Å². The van der Waals surface area contributed by atoms with Gasteiger partial charge in [0, 0.05) is 29.2 Å². The van der Waals surface area contributed by atoms with Gasteiger partial charge in [0.2, 0.25) is 0 Å². The summed E-state index contributed by atoms with van der Waals surface area (Å²) >= 11 is 0. The van der Waals surface area contributed by atoms with Crippen LogP contribution in [0.25, 0.3) is 0 Å². The fraction of sp³-hybridized carbons (Fsp3) is 0.750. The van der Waals surface area contributed by atoms with Crippen molar-refractivity contribution in [2.75, 3.05) is 0 Å². The first kappa shape index (κ1) is 16.9. The number of aliphatic hydroxyl groups excluding tert-OH is 2. The van der Waals surface area contributed by atoms with Gasteiger partial charge >= 0.3 is 5.97 Å². The second-order valence-electron chi connectivity index (χ2n) is 9.29. The van der Waals surface area contributed by atoms with E-state index in [2.05, 4.69) is 6.58 Å². The van der Waals surface area contributed by atoms with Crippen LogP contribution in [0.2, 0.25) is 0 Å². The zero-order chi connectivity index (χ0) is 18.8. The molecule has 0 aromatic carbocycles. The fourth-order valence-electron chi connectivity index (χ4n) is 6.73. The highest BCUT2D eigenvalue weighted by molar-refractivity contribution is 5.91. The Labute approximate surface area is 152 Å². The molecule has 0 spiro atoms. The molecule has 3 N–H and O–H groups in total. The van der Waals surface area contributed by atoms with E-state index in [0.29, 0.717) is 12.0 Å². The summed E-state index contributed by atoms with van der Waals surface area (Å²) in [4.78, 5) is 12.6. The highest BCUT2D eigenvalue weighted by Crippen LogP contribution is 2.75. The molecule has 4 fully saturated rings. The average Bonchev–Trinajstić information content (AvgIpc) is 3.34. The molecule has 5 aliphatic rings. The molecule has 5 rings (SSSR count). The van der Waals surface area contributed by atoms with E-state index in [4.69, 9.17) is 9.47 Å². The molecule has 142 valence electrons. The van der Waals surface area contributed by atoms with E-state index in [1.54, 1.807) is 19.1 Å². The lowest BCUT2D eigenvalue weighted by Crippen LogP contribution is -2.66. The van der Waals surface area contributed by atoms with E-state index in [1.807, 2.05) is 13.8 Å². The van der Waals surface area contributed by atoms with Crippen molar-refractivity contribution in [1.29, 1.82) is 0 Å². The molecule has 26 heavy (non-hydrogen) atoms. The van der Waals surface area contributed by atoms with Gasteiger partial charge in [0.15, 0.2) is 5.79 Å². The van der Waals surface area contributed by atoms with Crippen molar-refractivity contribution in [3.8, 4) is 0 Å². The number of carbonyl (C=O) groups is 1. The van der Waals surface area contributed by atoms with Gasteiger partial charge in [0.1, 0.15) is 6.10 Å². The van der Waals surface area contributed by atoms with Crippen molar-refractivity contribution in [3.05, 3.63) is 24.3 Å². The van der Waals surface area contributed by atoms with Gasteiger partial charge in [-0.25, -0.2) is 4.79 Å². The number of esters is 1. The lowest BCUT2D eigenvalue weighted by Gasteiger charge is -2.58. The summed E-state index contributed by atoms with van der Waals surface area (Å²) < 4.78 is 11.6. The van der Waals surface area contributed by atoms with Crippen molar-refractivity contribution >= 4 is 5.97 Å². The maximum Gasteiger partial charge on any atom is 0.334 e. The third-order valence-electron chi connectivity index (χ3n) is 7.81. The van der Waals surface area contributed by atoms with Crippen LogP contribution < -0.4 is 0 Å². The Kier molecular flexibility index (Phi) is 3.00. The largest absolute Gasteiger partial charge is 0.457 e. The quantitative estimate of drug-likeness (QED) is 0.471. The number of hydrogen-bond donors (Lipinski definition) is 3. The van der Waals surface area contributed by atoms with E-state index in [1.165, 1.54) is 0 Å². The molecule has 0 aromatic rings. The van der Waals surface area contributed by atoms with Crippen molar-refractivity contribution in [3.63, 3.8) is 0 Å². The molecule has 6 nitrogen and oxygen atoms in total. The summed E-state index contributed by atoms with van der Waals surface area (Å²) in [6, 6.07) is 0. The van der Waals surface area contributed by atoms with Crippen molar-refractivity contribution < 1.29 is 29.6 Å². The van der Waals surface area contributed by atoms with Crippen LogP contribution in [0.5, 0.6) is 0 Å². The van der Waals surface area contributed by atoms with Crippen LogP contribution in [0, 0.1) is 35.0 Å². The predicted octanol–water partition coefficient (Wildman–Crippen LogP) is 0.762. The van der Waals surface area contributed by atoms with Crippen LogP contribution in [0.15, 0.2) is 24.3 Å². The van der Waals surface area contributed by atoms with Crippen LogP contribution in [0.1, 0.15) is 27.2 Å². The Morgan fingerprint density at radius 2 is 2.00 bits per heavy atom. The topological polar surface area (TPSA) is 96.2 Å². The van der Waals surface area contributed by atoms with Gasteiger partial charge in [-0.3, -0.25) is 0 Å². The third-order valence-corrected chi connectivity index (χ3v) is 7.81. The molecule has 0 bridgehead atoms. The van der Waals surface area contributed by atoms with Gasteiger partial charge in [-0.05, 0) is 33.1 Å². The van der Waals surface area contributed by atoms with E-state index in [0.717, 1.165) is 0 Å². The highest BCUT2D eigenvalue weighted by Gasteiger charge is 2.82. The minimum atomic E-state index is -1.45. The van der Waals surface area contributed by atoms with E-state index >= 15 is 0 Å². The molecule has 2 saturated carbocycles. The Hall–Kier alpha value is -1.21. The maximum absolute atomic E-state index is 12.6. The molecule has 0 aromatic heterocycles. The second-order valence-corrected chi connectivity index (χ2v) is 9.29. The lowest BCUT2D eigenvalue weighted by atomic mass is 9.47. The summed E-state index contributed by atoms with van der Waals surface area (Å²) in [5, 5.41) is 33.8. The summed E-state index contributed by atoms with van der Waals surface area (Å²) in [5.74, 6) is -3.67. The summed E-state index contributed by atoms with van der Waals surface area (Å²) in [5.41, 5.74) is -1.31. The molecule has 2 heterocycles. The highest BCUT2D eigenvalue weighted by atomic mass is 16.7. The second kappa shape index (κ2) is 4.61. The van der Waals surface area contributed by atoms with E-state index in [9.17, 15) is 20.1 Å². The van der Waals surface area contributed by atoms with Crippen LogP contribution in [-0.4, -0.2) is 51.0 Å². The molecule has 2 unspecified atom stereocenters. The Morgan fingerprint density at radius 1 is 1.31 bits per heavy atom. The molecule has 3 aliphatic carbocycles. The van der Waals surface area contributed by atoms with Gasteiger partial charge in [0.05, 0.1) is 23.2 Å². The molecule has 2 aliphatic heterocycles. The Bertz CT molecular complexity index is 743. The van der Waals surface area contributed by atoms with Gasteiger partial charge in [-0.15, -0.1) is 6.58 Å². The van der Waals surface area contributed by atoms with E-state index < -0.39 is 52.9 Å². The summed E-state index contributed by atoms with van der Waals surface area (Å²) in [6.07, 6.45) is 1.83. The van der Waals surface area contributed by atoms with Crippen molar-refractivity contribution in [2.45, 2.75) is 56.9 Å². The van der Waals surface area contributed by atoms with Gasteiger partial charge in [-0.2, -0.15) is 0 Å². The number of carbonyl (C=O) groups excluding carboxylic acids is 1. The van der Waals surface area contributed by atoms with Gasteiger partial charge in [0.25, 0.3) is 0 Å². The van der Waals surface area contributed by atoms with Crippen LogP contribution in [0.4, 0.5) is 0 Å². The maximum atomic E-state index is 12.6. The fourth-order valence-corrected chi connectivity index (χ4v) is 6.73. The summed E-state index contributed by atoms with van der Waals surface area (Å²) in [6.45, 7) is 9.46. The van der Waals surface area contributed by atoms with Crippen molar-refractivity contribution in [1.82, 2.24) is 0 Å². The predicted molar refractivity (Wildman–Crippen MR) is 90.5 cm³/mol. The smallest absolute Gasteiger partial charge is 0.334 e. The zero-order valence-electron chi connectivity index (χ0n) is 15.3. The number of aliphatic hydroxyl groups is 3. The third kappa shape index (κ3) is 1.58. The van der Waals surface area contributed by atoms with Crippen LogP contribution in [-0.2, 0) is 14.3 Å². The molecular formula is C20H26O6. The van der Waals surface area contributed by atoms with Gasteiger partial charge < -0.3 is 24.8 Å². The molecule has 2 saturated heterocycles. The SMILES string of the molecule is C=C[C@]12C3C4C(=C[C@H]1C(C)(C)O[C@@]2(O)[C@H]1C[C@H]1[C@@H]3O)C(=O)O[C@@H](C)[C@@H]4O. The Morgan fingerprint density at radius 3 is 2.65 bits per heavy atom. The standard InChI is InChI=1S/C20H26O6/c1-5-19-12-7-10-13(15(21)8(2)25-17(10)23)14(19)16(22)9-6-11(9)20(19,24)26-18(12,3)4/h5,7-9,11-16,21-22,24H,1,6H2,2-4H3/t8-,9+,11-,12-,13?,14?,15-,16-,19+,20-/m0/s1. The first-order valence-electron chi connectivity index (χ1n) is 9.45. The normalized spacial score (nSPS) is 58.7. The number of fused-ring (bicyclic) bond motifs is 4. The number of rotatable bonds is 1. The van der Waals surface area contributed by atoms with E-state index in [-0.39, 0.29) is 17.8 Å². The van der Waals surface area contributed by atoms with Gasteiger partial charge in [-0.1, -0.05) is 12.2 Å². The number of cyclic esters (lactones) is 1. The Balaban J connectivity index is 1.80. The zero-order valence-corrected chi connectivity index (χ0v) is 15.3. The number of hydrogen-bond acceptors (Lipinski definition) is 6. The monoisotopic (exact) mass is 362 g/mol. The molecule has 0 amide bonds. The van der Waals surface area contributed by atoms with Crippen LogP contribution in [0.3, 0.4) is 0 Å². The minimum Gasteiger partial charge on any atom is -0.457 e. The minimum absolute atomic E-state index is 0.0903. The first-order chi connectivity index (χ1) is 12.1. The molecular weight excluding hydrogens is 336 g/mol. The molecule has 10 atom stereocenters. The average molecular weight is 362 g/mol. The summed E-state index contributed by atoms with van der Waals surface area (Å²) in [7, 11) is 0. The molecule has 6 heteroatoms. The van der Waals surface area contributed by atoms with Crippen molar-refractivity contribution in [2.24, 2.45) is 35.0 Å². The number of ether oxygens (including phenoxy) is 2. The first-order valence-corrected chi connectivity index (χ1v) is 9.45. The molecule has 0 radical (unpaired) electrons.